The lowest BCUT2D eigenvalue weighted by atomic mass is 10.1. The number of aromatic nitrogens is 4. The zero-order valence-corrected chi connectivity index (χ0v) is 13.4. The molecule has 0 amide bonds. The van der Waals surface area contributed by atoms with Gasteiger partial charge in [-0.2, -0.15) is 5.26 Å². The summed E-state index contributed by atoms with van der Waals surface area (Å²) < 4.78 is 1.90. The molecule has 0 fully saturated rings. The Bertz CT molecular complexity index is 821. The number of nitrogens with zero attached hydrogens (tertiary/aromatic N) is 4. The van der Waals surface area contributed by atoms with Gasteiger partial charge in [0.05, 0.1) is 5.69 Å². The highest BCUT2D eigenvalue weighted by Crippen LogP contribution is 2.22. The van der Waals surface area contributed by atoms with E-state index < -0.39 is 0 Å². The first-order chi connectivity index (χ1) is 11.3. The first-order valence-corrected chi connectivity index (χ1v) is 8.21. The lowest BCUT2D eigenvalue weighted by Gasteiger charge is -2.06. The summed E-state index contributed by atoms with van der Waals surface area (Å²) >= 11 is 0. The highest BCUT2D eigenvalue weighted by molar-refractivity contribution is 5.83. The van der Waals surface area contributed by atoms with E-state index in [1.807, 2.05) is 23.0 Å². The van der Waals surface area contributed by atoms with Crippen molar-refractivity contribution in [3.05, 3.63) is 47.4 Å². The summed E-state index contributed by atoms with van der Waals surface area (Å²) in [5.74, 6) is 0. The van der Waals surface area contributed by atoms with Crippen molar-refractivity contribution in [2.45, 2.75) is 45.6 Å². The normalized spacial score (nSPS) is 11.0. The third-order valence-corrected chi connectivity index (χ3v) is 4.20. The third kappa shape index (κ3) is 3.26. The van der Waals surface area contributed by atoms with Gasteiger partial charge < -0.3 is 4.98 Å². The summed E-state index contributed by atoms with van der Waals surface area (Å²) in [5.41, 5.74) is 3.64. The maximum absolute atomic E-state index is 9.31. The fraction of sp³-hybridized carbons (Fsp3) is 0.389. The van der Waals surface area contributed by atoms with E-state index in [9.17, 15) is 5.26 Å². The van der Waals surface area contributed by atoms with Gasteiger partial charge in [0.2, 0.25) is 0 Å². The van der Waals surface area contributed by atoms with Crippen molar-refractivity contribution >= 4 is 10.9 Å². The van der Waals surface area contributed by atoms with Gasteiger partial charge in [0.25, 0.3) is 0 Å². The molecule has 3 rings (SSSR count). The zero-order chi connectivity index (χ0) is 16.1. The molecule has 5 nitrogen and oxygen atoms in total. The molecule has 2 heterocycles. The van der Waals surface area contributed by atoms with Crippen LogP contribution in [0.3, 0.4) is 0 Å². The van der Waals surface area contributed by atoms with E-state index in [2.05, 4.69) is 40.4 Å². The molecular weight excluding hydrogens is 286 g/mol. The number of rotatable bonds is 7. The molecule has 23 heavy (non-hydrogen) atoms. The van der Waals surface area contributed by atoms with Crippen molar-refractivity contribution < 1.29 is 0 Å². The van der Waals surface area contributed by atoms with Crippen LogP contribution in [-0.2, 0) is 13.0 Å². The number of nitriles is 1. The molecule has 0 aliphatic heterocycles. The zero-order valence-electron chi connectivity index (χ0n) is 13.4. The smallest absolute Gasteiger partial charge is 0.186 e. The molecular formula is C18H21N5. The van der Waals surface area contributed by atoms with Crippen molar-refractivity contribution in [3.63, 3.8) is 0 Å². The van der Waals surface area contributed by atoms with Crippen LogP contribution in [0.1, 0.15) is 49.6 Å². The summed E-state index contributed by atoms with van der Waals surface area (Å²) in [6.45, 7) is 3.03. The van der Waals surface area contributed by atoms with E-state index in [0.29, 0.717) is 12.1 Å². The molecule has 0 spiro atoms. The summed E-state index contributed by atoms with van der Waals surface area (Å²) in [6, 6.07) is 10.4. The number of unbranched alkanes of at least 4 members (excludes halogenated alkanes) is 3. The van der Waals surface area contributed by atoms with E-state index >= 15 is 0 Å². The lowest BCUT2D eigenvalue weighted by Crippen LogP contribution is -2.06. The maximum atomic E-state index is 9.31. The number of benzene rings is 1. The Morgan fingerprint density at radius 1 is 1.22 bits per heavy atom. The monoisotopic (exact) mass is 307 g/mol. The summed E-state index contributed by atoms with van der Waals surface area (Å²) in [5, 5.41) is 18.7. The van der Waals surface area contributed by atoms with Crippen LogP contribution in [0.2, 0.25) is 0 Å². The number of H-pyrrole nitrogens is 1. The Balaban J connectivity index is 1.83. The predicted molar refractivity (Wildman–Crippen MR) is 90.0 cm³/mol. The van der Waals surface area contributed by atoms with Crippen LogP contribution in [-0.4, -0.2) is 20.0 Å². The lowest BCUT2D eigenvalue weighted by molar-refractivity contribution is 0.515. The van der Waals surface area contributed by atoms with Gasteiger partial charge in [-0.05, 0) is 18.1 Å². The molecule has 1 N–H and O–H groups in total. The molecule has 0 aliphatic carbocycles. The highest BCUT2D eigenvalue weighted by atomic mass is 15.4. The molecule has 5 heteroatoms. The third-order valence-electron chi connectivity index (χ3n) is 4.20. The van der Waals surface area contributed by atoms with Crippen LogP contribution in [0, 0.1) is 11.3 Å². The fourth-order valence-corrected chi connectivity index (χ4v) is 2.92. The van der Waals surface area contributed by atoms with Gasteiger partial charge in [0.1, 0.15) is 6.07 Å². The van der Waals surface area contributed by atoms with E-state index in [1.54, 1.807) is 0 Å². The molecule has 0 saturated carbocycles. The van der Waals surface area contributed by atoms with Crippen LogP contribution < -0.4 is 0 Å². The number of para-hydroxylation sites is 1. The molecule has 0 unspecified atom stereocenters. The van der Waals surface area contributed by atoms with E-state index in [0.717, 1.165) is 24.2 Å². The van der Waals surface area contributed by atoms with Crippen molar-refractivity contribution in [3.8, 4) is 6.07 Å². The van der Waals surface area contributed by atoms with E-state index in [4.69, 9.17) is 0 Å². The maximum Gasteiger partial charge on any atom is 0.186 e. The molecule has 1 aromatic carbocycles. The molecule has 0 radical (unpaired) electrons. The Hall–Kier alpha value is -2.61. The molecule has 2 aromatic heterocycles. The Morgan fingerprint density at radius 3 is 2.91 bits per heavy atom. The van der Waals surface area contributed by atoms with Gasteiger partial charge in [-0.1, -0.05) is 49.6 Å². The van der Waals surface area contributed by atoms with E-state index in [-0.39, 0.29) is 0 Å². The van der Waals surface area contributed by atoms with Crippen molar-refractivity contribution in [2.75, 3.05) is 0 Å². The number of hydrogen-bond donors (Lipinski definition) is 1. The molecule has 0 atom stereocenters. The summed E-state index contributed by atoms with van der Waals surface area (Å²) in [7, 11) is 0. The molecule has 3 aromatic rings. The molecule has 0 saturated heterocycles. The van der Waals surface area contributed by atoms with Crippen LogP contribution in [0.5, 0.6) is 0 Å². The average Bonchev–Trinajstić information content (AvgIpc) is 3.17. The number of hydrogen-bond acceptors (Lipinski definition) is 3. The minimum atomic E-state index is 0.436. The SMILES string of the molecule is CCCCCCn1nnc(C#N)c1Cc1c[nH]c2ccccc12. The van der Waals surface area contributed by atoms with Gasteiger partial charge in [-0.15, -0.1) is 5.10 Å². The number of aryl methyl sites for hydroxylation is 1. The van der Waals surface area contributed by atoms with Crippen molar-refractivity contribution in [1.29, 1.82) is 5.26 Å². The Morgan fingerprint density at radius 2 is 2.09 bits per heavy atom. The molecule has 118 valence electrons. The predicted octanol–water partition coefficient (Wildman–Crippen LogP) is 3.80. The number of fused-ring (bicyclic) bond motifs is 1. The Labute approximate surface area is 135 Å². The second-order valence-electron chi connectivity index (χ2n) is 5.82. The first kappa shape index (κ1) is 15.3. The van der Waals surface area contributed by atoms with Crippen LogP contribution in [0.25, 0.3) is 10.9 Å². The van der Waals surface area contributed by atoms with E-state index in [1.165, 1.54) is 30.2 Å². The summed E-state index contributed by atoms with van der Waals surface area (Å²) in [6.07, 6.45) is 7.39. The minimum Gasteiger partial charge on any atom is -0.361 e. The Kier molecular flexibility index (Phi) is 4.72. The second-order valence-corrected chi connectivity index (χ2v) is 5.82. The number of nitrogens with one attached hydrogen (secondary N) is 1. The first-order valence-electron chi connectivity index (χ1n) is 8.21. The van der Waals surface area contributed by atoms with Gasteiger partial charge in [-0.3, -0.25) is 0 Å². The molecule has 0 bridgehead atoms. The van der Waals surface area contributed by atoms with Crippen molar-refractivity contribution in [2.24, 2.45) is 0 Å². The minimum absolute atomic E-state index is 0.436. The van der Waals surface area contributed by atoms with Gasteiger partial charge >= 0.3 is 0 Å². The van der Waals surface area contributed by atoms with Gasteiger partial charge in [-0.25, -0.2) is 4.68 Å². The number of aromatic amines is 1. The second kappa shape index (κ2) is 7.10. The molecule has 0 aliphatic rings. The topological polar surface area (TPSA) is 70.3 Å². The summed E-state index contributed by atoms with van der Waals surface area (Å²) in [4.78, 5) is 3.28. The van der Waals surface area contributed by atoms with Crippen LogP contribution >= 0.6 is 0 Å². The van der Waals surface area contributed by atoms with Crippen LogP contribution in [0.4, 0.5) is 0 Å². The standard InChI is InChI=1S/C18H21N5/c1-2-3-4-7-10-23-18(17(12-19)21-22-23)11-14-13-20-16-9-6-5-8-15(14)16/h5-6,8-9,13,20H,2-4,7,10-11H2,1H3. The van der Waals surface area contributed by atoms with Crippen molar-refractivity contribution in [1.82, 2.24) is 20.0 Å². The van der Waals surface area contributed by atoms with Gasteiger partial charge in [0, 0.05) is 30.1 Å². The van der Waals surface area contributed by atoms with Crippen LogP contribution in [0.15, 0.2) is 30.5 Å². The van der Waals surface area contributed by atoms with Gasteiger partial charge in [0.15, 0.2) is 5.69 Å². The quantitative estimate of drug-likeness (QED) is 0.675. The average molecular weight is 307 g/mol. The largest absolute Gasteiger partial charge is 0.361 e. The fourth-order valence-electron chi connectivity index (χ4n) is 2.92. The highest BCUT2D eigenvalue weighted by Gasteiger charge is 2.15.